The molecule has 2 aromatic rings. The largest absolute Gasteiger partial charge is 0.504 e. The number of phenolic OH excluding ortho intramolecular Hbond substituents is 1. The monoisotopic (exact) mass is 390 g/mol. The molecular weight excluding hydrogens is 360 g/mol. The number of hydrogen-bond acceptors (Lipinski definition) is 4. The molecule has 0 spiro atoms. The quantitative estimate of drug-likeness (QED) is 0.791. The van der Waals surface area contributed by atoms with Crippen molar-refractivity contribution in [3.8, 4) is 11.5 Å². The fourth-order valence-corrected chi connectivity index (χ4v) is 3.71. The summed E-state index contributed by atoms with van der Waals surface area (Å²) in [4.78, 5) is 5.06. The van der Waals surface area contributed by atoms with E-state index in [2.05, 4.69) is 60.9 Å². The molecule has 1 N–H and O–H groups in total. The van der Waals surface area contributed by atoms with Crippen molar-refractivity contribution in [1.82, 2.24) is 4.90 Å². The molecule has 2 aromatic carbocycles. The van der Waals surface area contributed by atoms with Crippen molar-refractivity contribution < 1.29 is 9.84 Å². The van der Waals surface area contributed by atoms with Gasteiger partial charge in [0.2, 0.25) is 0 Å². The van der Waals surface area contributed by atoms with Crippen LogP contribution in [0.5, 0.6) is 11.5 Å². The molecule has 27 heavy (non-hydrogen) atoms. The first kappa shape index (κ1) is 21.4. The van der Waals surface area contributed by atoms with E-state index < -0.39 is 0 Å². The van der Waals surface area contributed by atoms with Crippen molar-refractivity contribution in [3.05, 3.63) is 54.6 Å². The van der Waals surface area contributed by atoms with Crippen molar-refractivity contribution in [3.63, 3.8) is 0 Å². The standard InChI is InChI=1S/C22H30N2O2.ClH/c1-17(2)20-16-23(13-14-26-22-12-8-7-11-21(22)25)18(3)15-24(20)19-9-5-4-6-10-19;/h4-12,17-18,20,25H,13-16H2,1-3H3;1H. The second-order valence-electron chi connectivity index (χ2n) is 7.46. The van der Waals surface area contributed by atoms with Crippen molar-refractivity contribution in [1.29, 1.82) is 0 Å². The second-order valence-corrected chi connectivity index (χ2v) is 7.46. The summed E-state index contributed by atoms with van der Waals surface area (Å²) >= 11 is 0. The van der Waals surface area contributed by atoms with E-state index in [0.717, 1.165) is 19.6 Å². The Kier molecular flexibility index (Phi) is 7.81. The second kappa shape index (κ2) is 9.86. The normalized spacial score (nSPS) is 20.4. The van der Waals surface area contributed by atoms with Crippen LogP contribution in [0.25, 0.3) is 0 Å². The Morgan fingerprint density at radius 1 is 1.04 bits per heavy atom. The highest BCUT2D eigenvalue weighted by Crippen LogP contribution is 2.27. The van der Waals surface area contributed by atoms with E-state index in [4.69, 9.17) is 4.74 Å². The van der Waals surface area contributed by atoms with Gasteiger partial charge >= 0.3 is 0 Å². The Balaban J connectivity index is 0.00000261. The van der Waals surface area contributed by atoms with Gasteiger partial charge in [0.15, 0.2) is 11.5 Å². The van der Waals surface area contributed by atoms with Crippen LogP contribution in [-0.2, 0) is 0 Å². The van der Waals surface area contributed by atoms with Gasteiger partial charge in [0.1, 0.15) is 6.61 Å². The van der Waals surface area contributed by atoms with Crippen LogP contribution in [-0.4, -0.2) is 48.3 Å². The molecule has 1 saturated heterocycles. The molecule has 0 amide bonds. The summed E-state index contributed by atoms with van der Waals surface area (Å²) in [5.41, 5.74) is 1.31. The summed E-state index contributed by atoms with van der Waals surface area (Å²) < 4.78 is 5.79. The zero-order valence-corrected chi connectivity index (χ0v) is 17.2. The molecule has 1 fully saturated rings. The molecule has 148 valence electrons. The topological polar surface area (TPSA) is 35.9 Å². The van der Waals surface area contributed by atoms with Crippen LogP contribution in [0.4, 0.5) is 5.69 Å². The third-order valence-corrected chi connectivity index (χ3v) is 5.26. The molecule has 0 bridgehead atoms. The number of phenols is 1. The molecule has 3 rings (SSSR count). The van der Waals surface area contributed by atoms with Gasteiger partial charge in [0.25, 0.3) is 0 Å². The van der Waals surface area contributed by atoms with Gasteiger partial charge in [-0.05, 0) is 37.1 Å². The van der Waals surface area contributed by atoms with Gasteiger partial charge < -0.3 is 14.7 Å². The number of rotatable bonds is 6. The molecule has 1 aliphatic heterocycles. The first-order valence-electron chi connectivity index (χ1n) is 9.53. The number of halogens is 1. The fourth-order valence-electron chi connectivity index (χ4n) is 3.71. The number of ether oxygens (including phenoxy) is 1. The third kappa shape index (κ3) is 5.30. The highest BCUT2D eigenvalue weighted by Gasteiger charge is 2.33. The number of nitrogens with zero attached hydrogens (tertiary/aromatic N) is 2. The van der Waals surface area contributed by atoms with Gasteiger partial charge in [-0.3, -0.25) is 4.90 Å². The molecular formula is C22H31ClN2O2. The number of para-hydroxylation sites is 3. The molecule has 0 radical (unpaired) electrons. The SMILES string of the molecule is CC(C)C1CN(CCOc2ccccc2O)C(C)CN1c1ccccc1.Cl. The average Bonchev–Trinajstić information content (AvgIpc) is 2.64. The van der Waals surface area contributed by atoms with Crippen LogP contribution in [0.15, 0.2) is 54.6 Å². The molecule has 2 atom stereocenters. The van der Waals surface area contributed by atoms with Crippen molar-refractivity contribution >= 4 is 18.1 Å². The molecule has 2 unspecified atom stereocenters. The predicted molar refractivity (Wildman–Crippen MR) is 114 cm³/mol. The fraction of sp³-hybridized carbons (Fsp3) is 0.455. The molecule has 1 heterocycles. The lowest BCUT2D eigenvalue weighted by atomic mass is 9.96. The van der Waals surface area contributed by atoms with Crippen molar-refractivity contribution in [2.24, 2.45) is 5.92 Å². The maximum absolute atomic E-state index is 9.83. The molecule has 5 heteroatoms. The summed E-state index contributed by atoms with van der Waals surface area (Å²) in [5, 5.41) is 9.83. The Morgan fingerprint density at radius 2 is 1.70 bits per heavy atom. The summed E-state index contributed by atoms with van der Waals surface area (Å²) in [7, 11) is 0. The van der Waals surface area contributed by atoms with E-state index >= 15 is 0 Å². The summed E-state index contributed by atoms with van der Waals surface area (Å²) in [5.74, 6) is 1.34. The lowest BCUT2D eigenvalue weighted by Gasteiger charge is -2.48. The minimum atomic E-state index is 0. The Labute approximate surface area is 169 Å². The van der Waals surface area contributed by atoms with E-state index in [9.17, 15) is 5.11 Å². The minimum absolute atomic E-state index is 0. The van der Waals surface area contributed by atoms with Crippen LogP contribution < -0.4 is 9.64 Å². The summed E-state index contributed by atoms with van der Waals surface area (Å²) in [6.45, 7) is 10.4. The van der Waals surface area contributed by atoms with E-state index in [1.54, 1.807) is 12.1 Å². The first-order chi connectivity index (χ1) is 12.6. The van der Waals surface area contributed by atoms with Gasteiger partial charge in [0.05, 0.1) is 0 Å². The maximum Gasteiger partial charge on any atom is 0.160 e. The van der Waals surface area contributed by atoms with Gasteiger partial charge in [0, 0.05) is 37.4 Å². The molecule has 0 aliphatic carbocycles. The zero-order valence-electron chi connectivity index (χ0n) is 16.4. The average molecular weight is 391 g/mol. The predicted octanol–water partition coefficient (Wildman–Crippen LogP) is 4.43. The highest BCUT2D eigenvalue weighted by atomic mass is 35.5. The first-order valence-corrected chi connectivity index (χ1v) is 9.53. The van der Waals surface area contributed by atoms with E-state index in [1.165, 1.54) is 5.69 Å². The Bertz CT molecular complexity index is 696. The zero-order chi connectivity index (χ0) is 18.5. The number of anilines is 1. The van der Waals surface area contributed by atoms with E-state index in [-0.39, 0.29) is 18.2 Å². The number of piperazine rings is 1. The Hall–Kier alpha value is -1.91. The molecule has 1 aliphatic rings. The van der Waals surface area contributed by atoms with Gasteiger partial charge in [-0.15, -0.1) is 12.4 Å². The lowest BCUT2D eigenvalue weighted by Crippen LogP contribution is -2.59. The minimum Gasteiger partial charge on any atom is -0.504 e. The van der Waals surface area contributed by atoms with Gasteiger partial charge in [-0.1, -0.05) is 44.2 Å². The number of hydrogen-bond donors (Lipinski definition) is 1. The van der Waals surface area contributed by atoms with Gasteiger partial charge in [-0.25, -0.2) is 0 Å². The number of aromatic hydroxyl groups is 1. The maximum atomic E-state index is 9.83. The third-order valence-electron chi connectivity index (χ3n) is 5.26. The van der Waals surface area contributed by atoms with Gasteiger partial charge in [-0.2, -0.15) is 0 Å². The molecule has 0 aromatic heterocycles. The van der Waals surface area contributed by atoms with E-state index in [0.29, 0.717) is 30.4 Å². The van der Waals surface area contributed by atoms with Crippen LogP contribution in [0, 0.1) is 5.92 Å². The summed E-state index contributed by atoms with van der Waals surface area (Å²) in [6, 6.07) is 18.8. The Morgan fingerprint density at radius 3 is 2.37 bits per heavy atom. The van der Waals surface area contributed by atoms with Crippen LogP contribution in [0.1, 0.15) is 20.8 Å². The van der Waals surface area contributed by atoms with Crippen LogP contribution >= 0.6 is 12.4 Å². The van der Waals surface area contributed by atoms with Crippen LogP contribution in [0.2, 0.25) is 0 Å². The highest BCUT2D eigenvalue weighted by molar-refractivity contribution is 5.85. The lowest BCUT2D eigenvalue weighted by molar-refractivity contribution is 0.121. The number of benzene rings is 2. The molecule has 4 nitrogen and oxygen atoms in total. The van der Waals surface area contributed by atoms with Crippen LogP contribution in [0.3, 0.4) is 0 Å². The smallest absolute Gasteiger partial charge is 0.160 e. The van der Waals surface area contributed by atoms with Crippen molar-refractivity contribution in [2.45, 2.75) is 32.9 Å². The van der Waals surface area contributed by atoms with E-state index in [1.807, 2.05) is 12.1 Å². The summed E-state index contributed by atoms with van der Waals surface area (Å²) in [6.07, 6.45) is 0. The molecule has 0 saturated carbocycles. The van der Waals surface area contributed by atoms with Crippen molar-refractivity contribution in [2.75, 3.05) is 31.1 Å².